The Balaban J connectivity index is 0.00000361. The van der Waals surface area contributed by atoms with Crippen LogP contribution in [0.25, 0.3) is 5.57 Å². The Morgan fingerprint density at radius 1 is 1.39 bits per heavy atom. The Hall–Kier alpha value is -2.15. The fourth-order valence-electron chi connectivity index (χ4n) is 3.33. The first kappa shape index (κ1) is 28.4. The van der Waals surface area contributed by atoms with Crippen LogP contribution in [0.4, 0.5) is 5.13 Å². The quantitative estimate of drug-likeness (QED) is 0.110. The van der Waals surface area contributed by atoms with Gasteiger partial charge in [-0.05, 0) is 16.0 Å². The van der Waals surface area contributed by atoms with Crippen molar-refractivity contribution in [2.24, 2.45) is 5.73 Å². The first-order valence-corrected chi connectivity index (χ1v) is 12.9. The molecular formula is C17H15ClN9NaO5S3. The van der Waals surface area contributed by atoms with Crippen LogP contribution in [0.2, 0.25) is 0 Å². The van der Waals surface area contributed by atoms with Gasteiger partial charge in [-0.15, -0.1) is 28.2 Å². The monoisotopic (exact) mass is 579 g/mol. The number of nitrogens with zero attached hydrogens (tertiary/aromatic N) is 6. The molecule has 0 saturated carbocycles. The third kappa shape index (κ3) is 5.71. The average molecular weight is 580 g/mol. The van der Waals surface area contributed by atoms with Crippen LogP contribution in [-0.2, 0) is 25.7 Å². The van der Waals surface area contributed by atoms with Gasteiger partial charge in [-0.3, -0.25) is 19.3 Å². The van der Waals surface area contributed by atoms with Gasteiger partial charge >= 0.3 is 29.6 Å². The summed E-state index contributed by atoms with van der Waals surface area (Å²) in [5.41, 5.74) is 12.2. The SMILES string of the molecule is NC(=O)Cn1nnnc1SCC1=C(C(=O)[O-])N2C(=O)C(NC(=O)/C(=C/Cl)c3csc(N)n3)C2SC1.[Na+]. The number of hydrogen-bond donors (Lipinski definition) is 3. The average Bonchev–Trinajstić information content (AvgIpc) is 3.43. The maximum absolute atomic E-state index is 12.8. The number of nitrogen functional groups attached to an aromatic ring is 1. The minimum Gasteiger partial charge on any atom is -0.543 e. The van der Waals surface area contributed by atoms with Gasteiger partial charge in [0.2, 0.25) is 11.1 Å². The molecule has 0 aliphatic carbocycles. The summed E-state index contributed by atoms with van der Waals surface area (Å²) in [6, 6.07) is -0.971. The van der Waals surface area contributed by atoms with Crippen molar-refractivity contribution in [3.8, 4) is 0 Å². The van der Waals surface area contributed by atoms with Crippen LogP contribution in [0.3, 0.4) is 0 Å². The topological polar surface area (TPSA) is 215 Å². The molecule has 3 amide bonds. The molecule has 14 nitrogen and oxygen atoms in total. The zero-order valence-electron chi connectivity index (χ0n) is 18.4. The molecule has 2 aromatic heterocycles. The summed E-state index contributed by atoms with van der Waals surface area (Å²) in [7, 11) is 0. The second-order valence-corrected chi connectivity index (χ2v) is 10.2. The van der Waals surface area contributed by atoms with Gasteiger partial charge in [0.15, 0.2) is 5.13 Å². The molecule has 0 spiro atoms. The van der Waals surface area contributed by atoms with E-state index in [9.17, 15) is 24.3 Å². The second kappa shape index (κ2) is 11.9. The van der Waals surface area contributed by atoms with E-state index >= 15 is 0 Å². The van der Waals surface area contributed by atoms with E-state index in [1.54, 1.807) is 5.38 Å². The van der Waals surface area contributed by atoms with Crippen molar-refractivity contribution in [3.63, 3.8) is 0 Å². The number of nitrogens with one attached hydrogen (secondary N) is 1. The number of β-lactam (4-membered cyclic amide) rings is 1. The summed E-state index contributed by atoms with van der Waals surface area (Å²) >= 11 is 9.27. The summed E-state index contributed by atoms with van der Waals surface area (Å²) in [5, 5.41) is 26.8. The Kier molecular flexibility index (Phi) is 9.42. The van der Waals surface area contributed by atoms with Crippen molar-refractivity contribution >= 4 is 80.9 Å². The van der Waals surface area contributed by atoms with E-state index in [1.165, 1.54) is 16.4 Å². The molecule has 2 aliphatic rings. The third-order valence-corrected chi connectivity index (χ3v) is 8.13. The van der Waals surface area contributed by atoms with E-state index in [1.807, 2.05) is 0 Å². The number of halogens is 1. The van der Waals surface area contributed by atoms with Gasteiger partial charge in [0.05, 0.1) is 22.9 Å². The van der Waals surface area contributed by atoms with Crippen molar-refractivity contribution < 1.29 is 53.8 Å². The molecule has 1 saturated heterocycles. The van der Waals surface area contributed by atoms with Crippen LogP contribution in [0.15, 0.2) is 27.3 Å². The van der Waals surface area contributed by atoms with Gasteiger partial charge in [-0.25, -0.2) is 9.67 Å². The zero-order chi connectivity index (χ0) is 25.3. The molecule has 36 heavy (non-hydrogen) atoms. The number of carboxylic acids is 1. The van der Waals surface area contributed by atoms with Crippen LogP contribution < -0.4 is 51.4 Å². The van der Waals surface area contributed by atoms with Crippen molar-refractivity contribution in [1.82, 2.24) is 35.4 Å². The van der Waals surface area contributed by atoms with Gasteiger partial charge in [0, 0.05) is 22.4 Å². The zero-order valence-corrected chi connectivity index (χ0v) is 23.6. The van der Waals surface area contributed by atoms with Crippen LogP contribution in [0.5, 0.6) is 0 Å². The van der Waals surface area contributed by atoms with Crippen molar-refractivity contribution in [2.75, 3.05) is 17.2 Å². The van der Waals surface area contributed by atoms with Gasteiger partial charge < -0.3 is 26.7 Å². The van der Waals surface area contributed by atoms with Crippen molar-refractivity contribution in [3.05, 3.63) is 27.9 Å². The molecule has 0 bridgehead atoms. The Morgan fingerprint density at radius 2 is 2.14 bits per heavy atom. The van der Waals surface area contributed by atoms with Crippen LogP contribution in [0, 0.1) is 0 Å². The van der Waals surface area contributed by atoms with Gasteiger partial charge in [-0.1, -0.05) is 23.4 Å². The Bertz CT molecular complexity index is 1280. The molecule has 0 aromatic carbocycles. The molecule has 2 aromatic rings. The fraction of sp³-hybridized carbons (Fsp3) is 0.294. The van der Waals surface area contributed by atoms with E-state index < -0.39 is 35.1 Å². The molecule has 2 aliphatic heterocycles. The standard InChI is InChI=1S/C17H16ClN9O5S3.Na/c18-1-7(8-5-34-16(20)21-8)12(29)22-10-13(30)27-11(15(31)32)6(3-33-14(10)27)4-35-17-23-24-25-26(17)2-9(19)28;/h1,5,10,14H,2-4H2,(H2,19,28)(H2,20,21)(H,22,29)(H,31,32);/q;+1/p-1/b7-1+;. The number of carboxylic acid groups (broad SMARTS) is 1. The Morgan fingerprint density at radius 3 is 2.75 bits per heavy atom. The normalized spacial score (nSPS) is 19.3. The minimum absolute atomic E-state index is 0. The number of aliphatic carboxylic acids is 1. The molecule has 0 radical (unpaired) electrons. The van der Waals surface area contributed by atoms with Crippen LogP contribution in [0.1, 0.15) is 5.69 Å². The number of thioether (sulfide) groups is 2. The van der Waals surface area contributed by atoms with E-state index in [2.05, 4.69) is 25.8 Å². The largest absolute Gasteiger partial charge is 1.00 e. The number of carbonyl (C=O) groups is 4. The number of primary amides is 1. The molecule has 184 valence electrons. The smallest absolute Gasteiger partial charge is 0.543 e. The maximum atomic E-state index is 12.8. The van der Waals surface area contributed by atoms with E-state index in [0.29, 0.717) is 5.57 Å². The number of tetrazole rings is 1. The Labute approximate surface area is 242 Å². The number of hydrogen-bond acceptors (Lipinski definition) is 13. The van der Waals surface area contributed by atoms with E-state index in [0.717, 1.165) is 33.5 Å². The van der Waals surface area contributed by atoms with Gasteiger partial charge in [0.25, 0.3) is 11.8 Å². The number of aromatic nitrogens is 5. The van der Waals surface area contributed by atoms with Gasteiger partial charge in [-0.2, -0.15) is 0 Å². The first-order valence-electron chi connectivity index (χ1n) is 9.59. The molecule has 19 heteroatoms. The number of anilines is 1. The summed E-state index contributed by atoms with van der Waals surface area (Å²) in [4.78, 5) is 53.7. The van der Waals surface area contributed by atoms with Crippen LogP contribution in [-0.4, -0.2) is 76.7 Å². The molecule has 2 unspecified atom stereocenters. The summed E-state index contributed by atoms with van der Waals surface area (Å²) < 4.78 is 1.18. The number of rotatable bonds is 9. The first-order chi connectivity index (χ1) is 16.7. The maximum Gasteiger partial charge on any atom is 1.00 e. The second-order valence-electron chi connectivity index (χ2n) is 7.07. The van der Waals surface area contributed by atoms with E-state index in [4.69, 9.17) is 23.1 Å². The van der Waals surface area contributed by atoms with E-state index in [-0.39, 0.29) is 74.9 Å². The molecule has 4 rings (SSSR count). The fourth-order valence-corrected chi connectivity index (χ4v) is 6.47. The van der Waals surface area contributed by atoms with Crippen molar-refractivity contribution in [1.29, 1.82) is 0 Å². The van der Waals surface area contributed by atoms with Gasteiger partial charge in [0.1, 0.15) is 18.0 Å². The molecule has 4 heterocycles. The number of nitrogens with two attached hydrogens (primary N) is 2. The number of amides is 3. The summed E-state index contributed by atoms with van der Waals surface area (Å²) in [6.07, 6.45) is 0. The molecule has 2 atom stereocenters. The molecular weight excluding hydrogens is 565 g/mol. The van der Waals surface area contributed by atoms with Crippen molar-refractivity contribution in [2.45, 2.75) is 23.1 Å². The predicted molar refractivity (Wildman–Crippen MR) is 125 cm³/mol. The molecule has 1 fully saturated rings. The van der Waals surface area contributed by atoms with Crippen LogP contribution >= 0.6 is 46.5 Å². The third-order valence-electron chi connectivity index (χ3n) is 4.86. The summed E-state index contributed by atoms with van der Waals surface area (Å²) in [5.74, 6) is -3.06. The number of fused-ring (bicyclic) bond motifs is 1. The summed E-state index contributed by atoms with van der Waals surface area (Å²) in [6.45, 7) is -0.239. The number of carbonyl (C=O) groups excluding carboxylic acids is 4. The number of thiazole rings is 1. The molecule has 5 N–H and O–H groups in total. The predicted octanol–water partition coefficient (Wildman–Crippen LogP) is -5.02. The minimum atomic E-state index is -1.53.